The van der Waals surface area contributed by atoms with Gasteiger partial charge in [-0.15, -0.1) is 11.3 Å². The van der Waals surface area contributed by atoms with Crippen molar-refractivity contribution in [1.29, 1.82) is 0 Å². The van der Waals surface area contributed by atoms with Crippen molar-refractivity contribution in [3.8, 4) is 0 Å². The molecule has 3 aliphatic rings. The molecule has 2 aromatic rings. The zero-order chi connectivity index (χ0) is 27.1. The summed E-state index contributed by atoms with van der Waals surface area (Å²) in [7, 11) is 0. The number of allylic oxidation sites excluding steroid dienone is 2. The lowest BCUT2D eigenvalue weighted by Gasteiger charge is -2.26. The summed E-state index contributed by atoms with van der Waals surface area (Å²) in [6.07, 6.45) is 5.52. The van der Waals surface area contributed by atoms with Crippen molar-refractivity contribution in [2.24, 2.45) is 29.6 Å². The molecule has 1 aromatic carbocycles. The number of aliphatic carboxylic acids is 1. The maximum Gasteiger partial charge on any atom is 0.307 e. The molecule has 3 N–H and O–H groups in total. The van der Waals surface area contributed by atoms with Crippen molar-refractivity contribution in [3.05, 3.63) is 62.5 Å². The van der Waals surface area contributed by atoms with E-state index < -0.39 is 17.8 Å². The Hall–Kier alpha value is -2.93. The number of rotatable bonds is 7. The molecule has 2 bridgehead atoms. The zero-order valence-corrected chi connectivity index (χ0v) is 23.5. The standard InChI is InChI=1S/C31H38N2O4S/c1-5-18-10-11-20-23(14-18)38-30(27(20)28(34)32-15-19-8-6-17(4)7-9-19)33-29(35)25-21-12-13-22(24(21)16(2)3)26(25)31(36)37/h6-9,18,21-22,25-26H,5,10-15H2,1-4H3,(H,32,34)(H,33,35)(H,36,37)/t18-,21+,22+,25+,26+/m1/s1. The van der Waals surface area contributed by atoms with E-state index in [0.29, 0.717) is 23.0 Å². The summed E-state index contributed by atoms with van der Waals surface area (Å²) in [4.78, 5) is 40.8. The van der Waals surface area contributed by atoms with E-state index in [2.05, 4.69) is 17.6 Å². The fourth-order valence-corrected chi connectivity index (χ4v) is 8.47. The number of carbonyl (C=O) groups is 3. The van der Waals surface area contributed by atoms with Gasteiger partial charge in [-0.05, 0) is 81.8 Å². The number of thiophene rings is 1. The molecule has 2 saturated carbocycles. The predicted octanol–water partition coefficient (Wildman–Crippen LogP) is 6.13. The van der Waals surface area contributed by atoms with E-state index >= 15 is 0 Å². The van der Waals surface area contributed by atoms with E-state index in [-0.39, 0.29) is 23.7 Å². The normalized spacial score (nSPS) is 25.7. The van der Waals surface area contributed by atoms with E-state index in [1.807, 2.05) is 45.0 Å². The van der Waals surface area contributed by atoms with Crippen LogP contribution in [-0.4, -0.2) is 22.9 Å². The van der Waals surface area contributed by atoms with Gasteiger partial charge in [-0.1, -0.05) is 54.3 Å². The fraction of sp³-hybridized carbons (Fsp3) is 0.516. The first-order valence-corrected chi connectivity index (χ1v) is 14.7. The van der Waals surface area contributed by atoms with Crippen LogP contribution in [-0.2, 0) is 29.0 Å². The number of aryl methyl sites for hydroxylation is 1. The molecule has 1 heterocycles. The van der Waals surface area contributed by atoms with Gasteiger partial charge >= 0.3 is 5.97 Å². The summed E-state index contributed by atoms with van der Waals surface area (Å²) < 4.78 is 0. The number of carboxylic acids is 1. The van der Waals surface area contributed by atoms with E-state index in [1.165, 1.54) is 21.8 Å². The van der Waals surface area contributed by atoms with Crippen LogP contribution in [0.1, 0.15) is 78.4 Å². The summed E-state index contributed by atoms with van der Waals surface area (Å²) in [5.74, 6) is -2.19. The Morgan fingerprint density at radius 2 is 1.71 bits per heavy atom. The van der Waals surface area contributed by atoms with E-state index in [9.17, 15) is 19.5 Å². The second-order valence-corrected chi connectivity index (χ2v) is 12.6. The molecule has 6 nitrogen and oxygen atoms in total. The lowest BCUT2D eigenvalue weighted by Crippen LogP contribution is -2.38. The molecule has 0 saturated heterocycles. The number of anilines is 1. The second-order valence-electron chi connectivity index (χ2n) is 11.5. The predicted molar refractivity (Wildman–Crippen MR) is 150 cm³/mol. The lowest BCUT2D eigenvalue weighted by atomic mass is 9.78. The van der Waals surface area contributed by atoms with Crippen LogP contribution in [0.15, 0.2) is 35.4 Å². The number of carboxylic acid groups (broad SMARTS) is 1. The van der Waals surface area contributed by atoms with Crippen molar-refractivity contribution in [3.63, 3.8) is 0 Å². The average Bonchev–Trinajstić information content (AvgIpc) is 3.57. The summed E-state index contributed by atoms with van der Waals surface area (Å²) >= 11 is 1.50. The molecule has 5 rings (SSSR count). The van der Waals surface area contributed by atoms with Gasteiger partial charge in [0.15, 0.2) is 0 Å². The monoisotopic (exact) mass is 534 g/mol. The van der Waals surface area contributed by atoms with Gasteiger partial charge in [-0.25, -0.2) is 0 Å². The van der Waals surface area contributed by atoms with Crippen molar-refractivity contribution < 1.29 is 19.5 Å². The molecule has 5 atom stereocenters. The minimum Gasteiger partial charge on any atom is -0.481 e. The largest absolute Gasteiger partial charge is 0.481 e. The third kappa shape index (κ3) is 4.81. The molecule has 202 valence electrons. The molecule has 0 unspecified atom stereocenters. The second kappa shape index (κ2) is 10.7. The Morgan fingerprint density at radius 1 is 1.03 bits per heavy atom. The first-order chi connectivity index (χ1) is 18.2. The number of carbonyl (C=O) groups excluding carboxylic acids is 2. The average molecular weight is 535 g/mol. The number of fused-ring (bicyclic) bond motifs is 3. The van der Waals surface area contributed by atoms with E-state index in [1.54, 1.807) is 0 Å². The van der Waals surface area contributed by atoms with Crippen molar-refractivity contribution in [2.75, 3.05) is 5.32 Å². The van der Waals surface area contributed by atoms with Crippen LogP contribution in [0.4, 0.5) is 5.00 Å². The maximum atomic E-state index is 13.8. The maximum absolute atomic E-state index is 13.8. The summed E-state index contributed by atoms with van der Waals surface area (Å²) in [6, 6.07) is 8.07. The van der Waals surface area contributed by atoms with Gasteiger partial charge in [-0.2, -0.15) is 0 Å². The molecule has 2 amide bonds. The van der Waals surface area contributed by atoms with Crippen molar-refractivity contribution in [2.45, 2.75) is 72.8 Å². The molecule has 3 aliphatic carbocycles. The summed E-state index contributed by atoms with van der Waals surface area (Å²) in [5.41, 5.74) is 6.09. The Balaban J connectivity index is 1.43. The van der Waals surface area contributed by atoms with Gasteiger partial charge in [0.2, 0.25) is 5.91 Å². The van der Waals surface area contributed by atoms with Gasteiger partial charge in [0.25, 0.3) is 5.91 Å². The molecule has 1 aromatic heterocycles. The molecular weight excluding hydrogens is 496 g/mol. The smallest absolute Gasteiger partial charge is 0.307 e. The highest BCUT2D eigenvalue weighted by Crippen LogP contribution is 2.57. The van der Waals surface area contributed by atoms with Crippen LogP contribution in [0, 0.1) is 36.5 Å². The fourth-order valence-electron chi connectivity index (χ4n) is 7.11. The Labute approximate surface area is 228 Å². The van der Waals surface area contributed by atoms with E-state index in [4.69, 9.17) is 0 Å². The van der Waals surface area contributed by atoms with Crippen LogP contribution in [0.2, 0.25) is 0 Å². The third-order valence-corrected chi connectivity index (χ3v) is 10.2. The number of nitrogens with one attached hydrogen (secondary N) is 2. The number of hydrogen-bond acceptors (Lipinski definition) is 4. The van der Waals surface area contributed by atoms with Crippen LogP contribution in [0.5, 0.6) is 0 Å². The SMILES string of the molecule is CC[C@@H]1CCc2c(sc(NC(=O)[C@@H]3[C@@H](C(=O)O)[C@H]4CC[C@H]3C4=C(C)C)c2C(=O)NCc2ccc(C)cc2)C1. The van der Waals surface area contributed by atoms with Gasteiger partial charge in [0.05, 0.1) is 17.4 Å². The zero-order valence-electron chi connectivity index (χ0n) is 22.7. The van der Waals surface area contributed by atoms with Crippen LogP contribution in [0.25, 0.3) is 0 Å². The van der Waals surface area contributed by atoms with Gasteiger partial charge in [0.1, 0.15) is 5.00 Å². The number of hydrogen-bond donors (Lipinski definition) is 3. The van der Waals surface area contributed by atoms with Crippen LogP contribution in [0.3, 0.4) is 0 Å². The first kappa shape index (κ1) is 26.7. The number of benzene rings is 1. The van der Waals surface area contributed by atoms with Gasteiger partial charge < -0.3 is 15.7 Å². The molecule has 2 fully saturated rings. The summed E-state index contributed by atoms with van der Waals surface area (Å²) in [5, 5.41) is 16.8. The van der Waals surface area contributed by atoms with Crippen molar-refractivity contribution >= 4 is 34.1 Å². The molecule has 38 heavy (non-hydrogen) atoms. The lowest BCUT2D eigenvalue weighted by molar-refractivity contribution is -0.148. The Morgan fingerprint density at radius 3 is 2.34 bits per heavy atom. The highest BCUT2D eigenvalue weighted by Gasteiger charge is 2.57. The first-order valence-electron chi connectivity index (χ1n) is 13.9. The summed E-state index contributed by atoms with van der Waals surface area (Å²) in [6.45, 7) is 8.68. The van der Waals surface area contributed by atoms with Gasteiger partial charge in [-0.3, -0.25) is 14.4 Å². The molecule has 0 aliphatic heterocycles. The highest BCUT2D eigenvalue weighted by atomic mass is 32.1. The Bertz CT molecular complexity index is 1290. The minimum absolute atomic E-state index is 0.0380. The highest BCUT2D eigenvalue weighted by molar-refractivity contribution is 7.17. The molecule has 0 spiro atoms. The number of amides is 2. The molecule has 0 radical (unpaired) electrons. The van der Waals surface area contributed by atoms with Gasteiger partial charge in [0, 0.05) is 11.4 Å². The minimum atomic E-state index is -0.900. The van der Waals surface area contributed by atoms with Crippen LogP contribution < -0.4 is 10.6 Å². The van der Waals surface area contributed by atoms with Crippen LogP contribution >= 0.6 is 11.3 Å². The third-order valence-electron chi connectivity index (χ3n) is 8.99. The quantitative estimate of drug-likeness (QED) is 0.372. The molecule has 7 heteroatoms. The topological polar surface area (TPSA) is 95.5 Å². The van der Waals surface area contributed by atoms with E-state index in [0.717, 1.165) is 60.8 Å². The van der Waals surface area contributed by atoms with Crippen molar-refractivity contribution in [1.82, 2.24) is 5.32 Å². The molecular formula is C31H38N2O4S. The Kier molecular flexibility index (Phi) is 7.49.